The molecule has 0 saturated heterocycles. The molecule has 98 valence electrons. The van der Waals surface area contributed by atoms with Crippen LogP contribution in [0.3, 0.4) is 0 Å². The first-order valence-corrected chi connectivity index (χ1v) is 6.49. The number of nitrogens with zero attached hydrogens (tertiary/aromatic N) is 4. The molecule has 0 aliphatic heterocycles. The molecule has 5 heteroatoms. The van der Waals surface area contributed by atoms with Crippen molar-refractivity contribution in [3.05, 3.63) is 36.2 Å². The third-order valence-electron chi connectivity index (χ3n) is 3.02. The summed E-state index contributed by atoms with van der Waals surface area (Å²) < 4.78 is 4.26. The van der Waals surface area contributed by atoms with E-state index in [1.54, 1.807) is 6.33 Å². The highest BCUT2D eigenvalue weighted by Gasteiger charge is 2.01. The molecule has 18 heavy (non-hydrogen) atoms. The van der Waals surface area contributed by atoms with Crippen molar-refractivity contribution < 1.29 is 0 Å². The lowest BCUT2D eigenvalue weighted by Crippen LogP contribution is -2.20. The van der Waals surface area contributed by atoms with E-state index in [-0.39, 0.29) is 0 Å². The lowest BCUT2D eigenvalue weighted by Gasteiger charge is -2.09. The van der Waals surface area contributed by atoms with Crippen LogP contribution in [0.5, 0.6) is 0 Å². The van der Waals surface area contributed by atoms with Gasteiger partial charge in [-0.3, -0.25) is 0 Å². The monoisotopic (exact) mass is 247 g/mol. The van der Waals surface area contributed by atoms with Crippen LogP contribution in [0.4, 0.5) is 0 Å². The van der Waals surface area contributed by atoms with E-state index < -0.39 is 0 Å². The first-order chi connectivity index (χ1) is 8.81. The fraction of sp³-hybridized carbons (Fsp3) is 0.538. The summed E-state index contributed by atoms with van der Waals surface area (Å²) in [6.45, 7) is 5.12. The van der Waals surface area contributed by atoms with Gasteiger partial charge in [-0.1, -0.05) is 6.92 Å². The number of hydrogen-bond donors (Lipinski definition) is 1. The van der Waals surface area contributed by atoms with Gasteiger partial charge in [-0.25, -0.2) is 0 Å². The minimum absolute atomic E-state index is 0.908. The summed E-state index contributed by atoms with van der Waals surface area (Å²) in [6.07, 6.45) is 5.95. The second-order valence-corrected chi connectivity index (χ2v) is 4.48. The van der Waals surface area contributed by atoms with E-state index in [4.69, 9.17) is 0 Å². The molecule has 5 nitrogen and oxygen atoms in total. The normalized spacial score (nSPS) is 11.0. The molecule has 0 bridgehead atoms. The van der Waals surface area contributed by atoms with Gasteiger partial charge in [-0.15, -0.1) is 10.2 Å². The Morgan fingerprint density at radius 3 is 3.00 bits per heavy atom. The smallest absolute Gasteiger partial charge is 0.133 e. The fourth-order valence-electron chi connectivity index (χ4n) is 2.02. The van der Waals surface area contributed by atoms with E-state index in [1.807, 2.05) is 11.6 Å². The molecule has 0 saturated carbocycles. The molecule has 2 rings (SSSR count). The summed E-state index contributed by atoms with van der Waals surface area (Å²) in [5.41, 5.74) is 1.34. The van der Waals surface area contributed by atoms with Crippen LogP contribution in [0.15, 0.2) is 24.7 Å². The molecule has 0 aromatic carbocycles. The lowest BCUT2D eigenvalue weighted by atomic mass is 10.3. The molecule has 0 spiro atoms. The van der Waals surface area contributed by atoms with Crippen LogP contribution in [0.1, 0.15) is 24.9 Å². The van der Waals surface area contributed by atoms with Crippen molar-refractivity contribution in [1.29, 1.82) is 0 Å². The maximum absolute atomic E-state index is 4.07. The van der Waals surface area contributed by atoms with Gasteiger partial charge in [0.1, 0.15) is 12.2 Å². The van der Waals surface area contributed by atoms with Gasteiger partial charge in [0, 0.05) is 45.0 Å². The molecule has 0 atom stereocenters. The first kappa shape index (κ1) is 12.8. The van der Waals surface area contributed by atoms with Crippen LogP contribution in [0.25, 0.3) is 0 Å². The SMILES string of the molecule is CCCn1cccc1CNCCc1nncn1C. The number of aryl methyl sites for hydroxylation is 2. The third-order valence-corrected chi connectivity index (χ3v) is 3.02. The standard InChI is InChI=1S/C13H21N5/c1-3-8-18-9-4-5-12(18)10-14-7-6-13-16-15-11-17(13)2/h4-5,9,11,14H,3,6-8,10H2,1-2H3. The zero-order valence-corrected chi connectivity index (χ0v) is 11.1. The number of hydrogen-bond acceptors (Lipinski definition) is 3. The first-order valence-electron chi connectivity index (χ1n) is 6.49. The van der Waals surface area contributed by atoms with Gasteiger partial charge >= 0.3 is 0 Å². The van der Waals surface area contributed by atoms with Crippen molar-refractivity contribution in [2.75, 3.05) is 6.54 Å². The zero-order chi connectivity index (χ0) is 12.8. The molecule has 0 aliphatic rings. The Kier molecular flexibility index (Phi) is 4.52. The maximum atomic E-state index is 4.07. The van der Waals surface area contributed by atoms with Gasteiger partial charge in [0.15, 0.2) is 0 Å². The zero-order valence-electron chi connectivity index (χ0n) is 11.1. The summed E-state index contributed by atoms with van der Waals surface area (Å²) in [5.74, 6) is 1.02. The van der Waals surface area contributed by atoms with Crippen molar-refractivity contribution in [3.63, 3.8) is 0 Å². The lowest BCUT2D eigenvalue weighted by molar-refractivity contribution is 0.594. The minimum atomic E-state index is 0.908. The van der Waals surface area contributed by atoms with E-state index in [2.05, 4.69) is 45.3 Å². The van der Waals surface area contributed by atoms with Crippen molar-refractivity contribution in [1.82, 2.24) is 24.6 Å². The summed E-state index contributed by atoms with van der Waals surface area (Å²) in [5, 5.41) is 11.4. The van der Waals surface area contributed by atoms with Crippen LogP contribution in [0.2, 0.25) is 0 Å². The van der Waals surface area contributed by atoms with E-state index in [1.165, 1.54) is 12.1 Å². The van der Waals surface area contributed by atoms with Gasteiger partial charge in [-0.05, 0) is 18.6 Å². The predicted octanol–water partition coefficient (Wildman–Crippen LogP) is 1.36. The van der Waals surface area contributed by atoms with Gasteiger partial charge in [0.05, 0.1) is 0 Å². The van der Waals surface area contributed by atoms with Crippen LogP contribution in [-0.4, -0.2) is 25.9 Å². The van der Waals surface area contributed by atoms with Crippen molar-refractivity contribution in [3.8, 4) is 0 Å². The van der Waals surface area contributed by atoms with Crippen molar-refractivity contribution in [2.24, 2.45) is 7.05 Å². The van der Waals surface area contributed by atoms with Gasteiger partial charge in [-0.2, -0.15) is 0 Å². The highest BCUT2D eigenvalue weighted by molar-refractivity contribution is 5.06. The summed E-state index contributed by atoms with van der Waals surface area (Å²) in [6, 6.07) is 4.28. The fourth-order valence-corrected chi connectivity index (χ4v) is 2.02. The Hall–Kier alpha value is -1.62. The van der Waals surface area contributed by atoms with Crippen molar-refractivity contribution >= 4 is 0 Å². The summed E-state index contributed by atoms with van der Waals surface area (Å²) in [4.78, 5) is 0. The average molecular weight is 247 g/mol. The van der Waals surface area contributed by atoms with Crippen LogP contribution in [0, 0.1) is 0 Å². The second kappa shape index (κ2) is 6.35. The Bertz CT molecular complexity index is 471. The molecule has 0 fully saturated rings. The molecule has 2 aromatic heterocycles. The number of rotatable bonds is 7. The Labute approximate surface area is 108 Å². The molecule has 2 heterocycles. The van der Waals surface area contributed by atoms with E-state index in [9.17, 15) is 0 Å². The van der Waals surface area contributed by atoms with E-state index >= 15 is 0 Å². The third kappa shape index (κ3) is 3.20. The molecule has 1 N–H and O–H groups in total. The number of aromatic nitrogens is 4. The predicted molar refractivity (Wildman–Crippen MR) is 71.1 cm³/mol. The Morgan fingerprint density at radius 2 is 2.28 bits per heavy atom. The van der Waals surface area contributed by atoms with Gasteiger partial charge in [0.2, 0.25) is 0 Å². The van der Waals surface area contributed by atoms with Crippen molar-refractivity contribution in [2.45, 2.75) is 32.9 Å². The molecule has 0 amide bonds. The quantitative estimate of drug-likeness (QED) is 0.752. The topological polar surface area (TPSA) is 47.7 Å². The number of nitrogens with one attached hydrogen (secondary N) is 1. The molecule has 0 unspecified atom stereocenters. The minimum Gasteiger partial charge on any atom is -0.350 e. The Balaban J connectivity index is 1.75. The summed E-state index contributed by atoms with van der Waals surface area (Å²) >= 11 is 0. The average Bonchev–Trinajstić information content (AvgIpc) is 2.95. The maximum Gasteiger partial charge on any atom is 0.133 e. The molecular weight excluding hydrogens is 226 g/mol. The molecule has 0 aliphatic carbocycles. The van der Waals surface area contributed by atoms with E-state index in [0.717, 1.165) is 31.9 Å². The second-order valence-electron chi connectivity index (χ2n) is 4.48. The van der Waals surface area contributed by atoms with Gasteiger partial charge < -0.3 is 14.5 Å². The molecule has 0 radical (unpaired) electrons. The van der Waals surface area contributed by atoms with Crippen LogP contribution in [-0.2, 0) is 26.6 Å². The largest absolute Gasteiger partial charge is 0.350 e. The highest BCUT2D eigenvalue weighted by Crippen LogP contribution is 2.03. The van der Waals surface area contributed by atoms with Crippen LogP contribution >= 0.6 is 0 Å². The van der Waals surface area contributed by atoms with Gasteiger partial charge in [0.25, 0.3) is 0 Å². The van der Waals surface area contributed by atoms with E-state index in [0.29, 0.717) is 0 Å². The van der Waals surface area contributed by atoms with Crippen LogP contribution < -0.4 is 5.32 Å². The Morgan fingerprint density at radius 1 is 1.39 bits per heavy atom. The molecule has 2 aromatic rings. The molecular formula is C13H21N5. The summed E-state index contributed by atoms with van der Waals surface area (Å²) in [7, 11) is 1.97. The highest BCUT2D eigenvalue weighted by atomic mass is 15.2.